The maximum atomic E-state index is 8.67. The second kappa shape index (κ2) is 8.10. The molecule has 0 atom stereocenters. The molecule has 0 bridgehead atoms. The number of hydrogen-bond donors (Lipinski definition) is 1. The Labute approximate surface area is 118 Å². The number of hydrogen-bond acceptors (Lipinski definition) is 3. The smallest absolute Gasteiger partial charge is 0.188 e. The summed E-state index contributed by atoms with van der Waals surface area (Å²) in [6.45, 7) is 13.7. The quantitative estimate of drug-likeness (QED) is 0.875. The van der Waals surface area contributed by atoms with E-state index >= 15 is 0 Å². The summed E-state index contributed by atoms with van der Waals surface area (Å²) in [4.78, 5) is 0. The van der Waals surface area contributed by atoms with E-state index in [9.17, 15) is 0 Å². The van der Waals surface area contributed by atoms with Crippen LogP contribution in [0.1, 0.15) is 76.0 Å². The molecule has 0 saturated heterocycles. The van der Waals surface area contributed by atoms with Gasteiger partial charge < -0.3 is 0 Å². The maximum absolute atomic E-state index is 8.67. The molecule has 1 rings (SSSR count). The summed E-state index contributed by atoms with van der Waals surface area (Å²) in [5, 5.41) is 0. The van der Waals surface area contributed by atoms with E-state index in [1.165, 1.54) is 11.1 Å². The van der Waals surface area contributed by atoms with Gasteiger partial charge in [-0.2, -0.15) is 13.2 Å². The first kappa shape index (κ1) is 17.8. The third-order valence-electron chi connectivity index (χ3n) is 2.99. The zero-order valence-electron chi connectivity index (χ0n) is 12.7. The molecule has 0 spiro atoms. The first-order chi connectivity index (χ1) is 8.68. The Kier molecular flexibility index (Phi) is 7.61. The second-order valence-corrected chi connectivity index (χ2v) is 6.02. The Balaban J connectivity index is 0.000000711. The molecule has 1 aromatic carbocycles. The summed E-state index contributed by atoms with van der Waals surface area (Å²) in [5.74, 6) is 1.88. The highest BCUT2D eigenvalue weighted by molar-refractivity contribution is 7.60. The van der Waals surface area contributed by atoms with Crippen molar-refractivity contribution < 1.29 is 8.42 Å². The van der Waals surface area contributed by atoms with Crippen molar-refractivity contribution in [1.82, 2.24) is 0 Å². The Morgan fingerprint density at radius 2 is 1.16 bits per heavy atom. The van der Waals surface area contributed by atoms with Crippen LogP contribution in [0.25, 0.3) is 0 Å². The van der Waals surface area contributed by atoms with Crippen LogP contribution in [-0.2, 0) is 10.5 Å². The summed E-state index contributed by atoms with van der Waals surface area (Å²) < 4.78 is 22.8. The van der Waals surface area contributed by atoms with Crippen LogP contribution in [0.15, 0.2) is 18.2 Å². The Morgan fingerprint density at radius 3 is 1.37 bits per heavy atom. The van der Waals surface area contributed by atoms with E-state index in [-0.39, 0.29) is 0 Å². The van der Waals surface area contributed by atoms with E-state index in [2.05, 4.69) is 59.7 Å². The summed E-state index contributed by atoms with van der Waals surface area (Å²) in [7, 11) is -2.61. The van der Waals surface area contributed by atoms with E-state index in [4.69, 9.17) is 13.2 Å². The molecule has 0 aromatic heterocycles. The third-order valence-corrected chi connectivity index (χ3v) is 2.99. The molecular weight excluding hydrogens is 258 g/mol. The first-order valence-electron chi connectivity index (χ1n) is 6.61. The summed E-state index contributed by atoms with van der Waals surface area (Å²) in [5.41, 5.74) is 4.62. The van der Waals surface area contributed by atoms with Gasteiger partial charge in [-0.05, 0) is 34.4 Å². The fraction of sp³-hybridized carbons (Fsp3) is 0.600. The summed E-state index contributed by atoms with van der Waals surface area (Å²) >= 11 is 0. The van der Waals surface area contributed by atoms with Crippen LogP contribution in [0.3, 0.4) is 0 Å². The number of benzene rings is 1. The standard InChI is InChI=1S/C15H24.HNO2S/c1-10(2)13-8-7-9-14(11(3)4)15(13)12(5)6;1-4(2)3/h7-12H,1-6H3;1H. The Bertz CT molecular complexity index is 469. The molecule has 0 aliphatic rings. The van der Waals surface area contributed by atoms with Crippen molar-refractivity contribution >= 4 is 10.5 Å². The van der Waals surface area contributed by atoms with Crippen LogP contribution in [-0.4, -0.2) is 8.42 Å². The van der Waals surface area contributed by atoms with Gasteiger partial charge in [-0.1, -0.05) is 59.7 Å². The molecule has 19 heavy (non-hydrogen) atoms. The van der Waals surface area contributed by atoms with Gasteiger partial charge in [0.25, 0.3) is 0 Å². The highest BCUT2D eigenvalue weighted by Gasteiger charge is 2.15. The fourth-order valence-electron chi connectivity index (χ4n) is 2.28. The van der Waals surface area contributed by atoms with Crippen molar-refractivity contribution in [3.05, 3.63) is 34.9 Å². The molecule has 0 radical (unpaired) electrons. The lowest BCUT2D eigenvalue weighted by molar-refractivity contribution is 0.620. The van der Waals surface area contributed by atoms with E-state index < -0.39 is 10.5 Å². The van der Waals surface area contributed by atoms with Crippen molar-refractivity contribution in [2.24, 2.45) is 0 Å². The molecule has 0 aliphatic carbocycles. The SMILES string of the molecule is CC(C)c1cccc(C(C)C)c1C(C)C.N=S(=O)=O. The van der Waals surface area contributed by atoms with Crippen LogP contribution >= 0.6 is 0 Å². The molecule has 0 saturated carbocycles. The minimum atomic E-state index is -2.61. The van der Waals surface area contributed by atoms with Crippen LogP contribution in [0.2, 0.25) is 0 Å². The molecule has 0 aliphatic heterocycles. The zero-order chi connectivity index (χ0) is 15.2. The topological polar surface area (TPSA) is 58.0 Å². The maximum Gasteiger partial charge on any atom is 0.308 e. The van der Waals surface area contributed by atoms with Gasteiger partial charge in [0.15, 0.2) is 0 Å². The fourth-order valence-corrected chi connectivity index (χ4v) is 2.28. The Morgan fingerprint density at radius 1 is 0.842 bits per heavy atom. The van der Waals surface area contributed by atoms with Crippen LogP contribution in [0, 0.1) is 4.78 Å². The minimum absolute atomic E-state index is 0.626. The molecule has 1 N–H and O–H groups in total. The summed E-state index contributed by atoms with van der Waals surface area (Å²) in [6.07, 6.45) is 0. The first-order valence-corrected chi connectivity index (χ1v) is 7.69. The van der Waals surface area contributed by atoms with Crippen LogP contribution in [0.5, 0.6) is 0 Å². The molecule has 108 valence electrons. The van der Waals surface area contributed by atoms with E-state index in [0.717, 1.165) is 0 Å². The van der Waals surface area contributed by atoms with Gasteiger partial charge in [0.1, 0.15) is 0 Å². The molecule has 0 unspecified atom stereocenters. The largest absolute Gasteiger partial charge is 0.308 e. The van der Waals surface area contributed by atoms with Crippen LogP contribution in [0.4, 0.5) is 0 Å². The molecular formula is C15H25NO2S. The van der Waals surface area contributed by atoms with E-state index in [1.807, 2.05) is 0 Å². The van der Waals surface area contributed by atoms with Crippen molar-refractivity contribution in [2.75, 3.05) is 0 Å². The minimum Gasteiger partial charge on any atom is -0.188 e. The molecule has 3 nitrogen and oxygen atoms in total. The predicted molar refractivity (Wildman–Crippen MR) is 80.3 cm³/mol. The molecule has 1 aromatic rings. The average molecular weight is 283 g/mol. The van der Waals surface area contributed by atoms with Crippen LogP contribution < -0.4 is 0 Å². The third kappa shape index (κ3) is 6.01. The van der Waals surface area contributed by atoms with Gasteiger partial charge in [0.2, 0.25) is 0 Å². The predicted octanol–water partition coefficient (Wildman–Crippen LogP) is 4.68. The van der Waals surface area contributed by atoms with Crippen molar-refractivity contribution in [3.63, 3.8) is 0 Å². The number of nitrogens with one attached hydrogen (secondary N) is 1. The lowest BCUT2D eigenvalue weighted by Gasteiger charge is -2.22. The summed E-state index contributed by atoms with van der Waals surface area (Å²) in [6, 6.07) is 6.77. The Hall–Kier alpha value is -1.16. The van der Waals surface area contributed by atoms with Gasteiger partial charge in [-0.15, -0.1) is 0 Å². The number of rotatable bonds is 3. The molecule has 0 amide bonds. The van der Waals surface area contributed by atoms with Gasteiger partial charge in [0.05, 0.1) is 0 Å². The van der Waals surface area contributed by atoms with Gasteiger partial charge >= 0.3 is 10.5 Å². The van der Waals surface area contributed by atoms with E-state index in [0.29, 0.717) is 17.8 Å². The normalized spacial score (nSPS) is 10.6. The lowest BCUT2D eigenvalue weighted by Crippen LogP contribution is -2.04. The zero-order valence-corrected chi connectivity index (χ0v) is 13.5. The van der Waals surface area contributed by atoms with Crippen molar-refractivity contribution in [1.29, 1.82) is 4.78 Å². The lowest BCUT2D eigenvalue weighted by atomic mass is 9.83. The highest BCUT2D eigenvalue weighted by Crippen LogP contribution is 2.32. The molecule has 4 heteroatoms. The van der Waals surface area contributed by atoms with Crippen molar-refractivity contribution in [2.45, 2.75) is 59.3 Å². The monoisotopic (exact) mass is 283 g/mol. The average Bonchev–Trinajstić information content (AvgIpc) is 2.26. The second-order valence-electron chi connectivity index (χ2n) is 5.55. The molecule has 0 heterocycles. The van der Waals surface area contributed by atoms with Gasteiger partial charge in [0, 0.05) is 0 Å². The van der Waals surface area contributed by atoms with Gasteiger partial charge in [-0.3, -0.25) is 0 Å². The van der Waals surface area contributed by atoms with Gasteiger partial charge in [-0.25, -0.2) is 0 Å². The highest BCUT2D eigenvalue weighted by atomic mass is 32.2. The van der Waals surface area contributed by atoms with E-state index in [1.54, 1.807) is 5.56 Å². The van der Waals surface area contributed by atoms with Crippen molar-refractivity contribution in [3.8, 4) is 0 Å². The molecule has 0 fully saturated rings.